The largest absolute Gasteiger partial charge is 0.492 e. The molecule has 2 heterocycles. The van der Waals surface area contributed by atoms with Crippen LogP contribution in [0.2, 0.25) is 0 Å². The van der Waals surface area contributed by atoms with Crippen LogP contribution < -0.4 is 9.64 Å². The molecule has 7 heteroatoms. The number of hydrogen-bond acceptors (Lipinski definition) is 7. The van der Waals surface area contributed by atoms with Gasteiger partial charge in [0.1, 0.15) is 19.0 Å². The second kappa shape index (κ2) is 10.3. The standard InChI is InChI=1S/C20H25N5O2/c1-2-15-27-22-17-18-5-7-19(8-6-18)26-16-14-24-10-12-25(13-11-24)20-4-3-9-21-23-20/h2-9,17H,1,10-16H2. The first kappa shape index (κ1) is 18.8. The molecule has 1 aromatic heterocycles. The van der Waals surface area contributed by atoms with Crippen LogP contribution in [0.25, 0.3) is 0 Å². The van der Waals surface area contributed by atoms with Gasteiger partial charge in [-0.25, -0.2) is 0 Å². The molecular weight excluding hydrogens is 342 g/mol. The first-order chi connectivity index (χ1) is 13.3. The zero-order chi connectivity index (χ0) is 18.7. The average Bonchev–Trinajstić information content (AvgIpc) is 2.73. The first-order valence-electron chi connectivity index (χ1n) is 9.09. The van der Waals surface area contributed by atoms with Crippen LogP contribution in [-0.2, 0) is 4.84 Å². The summed E-state index contributed by atoms with van der Waals surface area (Å²) in [6.07, 6.45) is 5.03. The minimum Gasteiger partial charge on any atom is -0.492 e. The zero-order valence-electron chi connectivity index (χ0n) is 15.4. The number of benzene rings is 1. The van der Waals surface area contributed by atoms with Gasteiger partial charge in [0.05, 0.1) is 6.21 Å². The van der Waals surface area contributed by atoms with Crippen molar-refractivity contribution < 1.29 is 9.57 Å². The maximum Gasteiger partial charge on any atom is 0.151 e. The van der Waals surface area contributed by atoms with Crippen LogP contribution in [0.15, 0.2) is 60.4 Å². The van der Waals surface area contributed by atoms with Gasteiger partial charge in [-0.3, -0.25) is 4.90 Å². The van der Waals surface area contributed by atoms with Gasteiger partial charge in [-0.05, 0) is 42.0 Å². The van der Waals surface area contributed by atoms with Crippen molar-refractivity contribution in [3.05, 3.63) is 60.8 Å². The van der Waals surface area contributed by atoms with Crippen LogP contribution in [0.4, 0.5) is 5.82 Å². The smallest absolute Gasteiger partial charge is 0.151 e. The van der Waals surface area contributed by atoms with Crippen LogP contribution in [0.1, 0.15) is 5.56 Å². The van der Waals surface area contributed by atoms with E-state index in [1.165, 1.54) is 0 Å². The molecule has 0 atom stereocenters. The van der Waals surface area contributed by atoms with Gasteiger partial charge < -0.3 is 14.5 Å². The summed E-state index contributed by atoms with van der Waals surface area (Å²) in [6.45, 7) is 9.47. The summed E-state index contributed by atoms with van der Waals surface area (Å²) in [4.78, 5) is 9.66. The third-order valence-corrected chi connectivity index (χ3v) is 4.28. The van der Waals surface area contributed by atoms with Crippen molar-refractivity contribution in [3.63, 3.8) is 0 Å². The summed E-state index contributed by atoms with van der Waals surface area (Å²) < 4.78 is 5.85. The van der Waals surface area contributed by atoms with E-state index >= 15 is 0 Å². The molecule has 3 rings (SSSR count). The Labute approximate surface area is 159 Å². The topological polar surface area (TPSA) is 63.1 Å². The van der Waals surface area contributed by atoms with E-state index < -0.39 is 0 Å². The Bertz CT molecular complexity index is 713. The van der Waals surface area contributed by atoms with E-state index in [4.69, 9.17) is 9.57 Å². The lowest BCUT2D eigenvalue weighted by Crippen LogP contribution is -2.47. The number of hydrogen-bond donors (Lipinski definition) is 0. The Hall–Kier alpha value is -2.93. The van der Waals surface area contributed by atoms with Gasteiger partial charge in [0.2, 0.25) is 0 Å². The average molecular weight is 367 g/mol. The van der Waals surface area contributed by atoms with Gasteiger partial charge in [0.25, 0.3) is 0 Å². The fourth-order valence-corrected chi connectivity index (χ4v) is 2.80. The molecule has 1 aliphatic rings. The minimum atomic E-state index is 0.407. The fourth-order valence-electron chi connectivity index (χ4n) is 2.80. The molecule has 0 radical (unpaired) electrons. The van der Waals surface area contributed by atoms with Gasteiger partial charge in [0, 0.05) is 38.9 Å². The van der Waals surface area contributed by atoms with E-state index in [0.717, 1.165) is 49.9 Å². The maximum atomic E-state index is 5.85. The highest BCUT2D eigenvalue weighted by atomic mass is 16.6. The van der Waals surface area contributed by atoms with Crippen molar-refractivity contribution >= 4 is 12.0 Å². The summed E-state index contributed by atoms with van der Waals surface area (Å²) >= 11 is 0. The summed E-state index contributed by atoms with van der Waals surface area (Å²) in [5, 5.41) is 12.0. The Morgan fingerprint density at radius 1 is 1.11 bits per heavy atom. The van der Waals surface area contributed by atoms with Gasteiger partial charge in [-0.1, -0.05) is 17.8 Å². The highest BCUT2D eigenvalue weighted by molar-refractivity contribution is 5.79. The van der Waals surface area contributed by atoms with Crippen LogP contribution >= 0.6 is 0 Å². The van der Waals surface area contributed by atoms with Crippen LogP contribution in [-0.4, -0.2) is 67.2 Å². The Kier molecular flexibility index (Phi) is 7.17. The molecule has 0 spiro atoms. The zero-order valence-corrected chi connectivity index (χ0v) is 15.4. The van der Waals surface area contributed by atoms with Crippen molar-refractivity contribution in [2.45, 2.75) is 0 Å². The number of oxime groups is 1. The molecule has 0 unspecified atom stereocenters. The quantitative estimate of drug-likeness (QED) is 0.293. The molecule has 0 N–H and O–H groups in total. The van der Waals surface area contributed by atoms with E-state index in [9.17, 15) is 0 Å². The molecule has 1 fully saturated rings. The number of aromatic nitrogens is 2. The molecule has 2 aromatic rings. The van der Waals surface area contributed by atoms with Gasteiger partial charge in [-0.2, -0.15) is 5.10 Å². The number of rotatable bonds is 9. The highest BCUT2D eigenvalue weighted by Crippen LogP contribution is 2.13. The predicted molar refractivity (Wildman–Crippen MR) is 106 cm³/mol. The number of ether oxygens (including phenoxy) is 1. The van der Waals surface area contributed by atoms with E-state index in [1.54, 1.807) is 18.5 Å². The molecule has 0 amide bonds. The monoisotopic (exact) mass is 367 g/mol. The van der Waals surface area contributed by atoms with E-state index in [0.29, 0.717) is 13.2 Å². The lowest BCUT2D eigenvalue weighted by Gasteiger charge is -2.34. The molecule has 1 aliphatic heterocycles. The molecule has 0 saturated carbocycles. The van der Waals surface area contributed by atoms with Crippen molar-refractivity contribution in [3.8, 4) is 5.75 Å². The lowest BCUT2D eigenvalue weighted by molar-refractivity contribution is 0.176. The van der Waals surface area contributed by atoms with Crippen LogP contribution in [0.3, 0.4) is 0 Å². The predicted octanol–water partition coefficient (Wildman–Crippen LogP) is 2.21. The Balaban J connectivity index is 1.35. The van der Waals surface area contributed by atoms with Crippen molar-refractivity contribution in [1.82, 2.24) is 15.1 Å². The number of anilines is 1. The molecule has 1 aromatic carbocycles. The summed E-state index contributed by atoms with van der Waals surface area (Å²) in [7, 11) is 0. The molecule has 27 heavy (non-hydrogen) atoms. The molecular formula is C20H25N5O2. The van der Waals surface area contributed by atoms with Crippen molar-refractivity contribution in [1.29, 1.82) is 0 Å². The fraction of sp³-hybridized carbons (Fsp3) is 0.350. The van der Waals surface area contributed by atoms with Crippen molar-refractivity contribution in [2.75, 3.05) is 50.8 Å². The maximum absolute atomic E-state index is 5.85. The third kappa shape index (κ3) is 6.07. The van der Waals surface area contributed by atoms with Crippen LogP contribution in [0.5, 0.6) is 5.75 Å². The lowest BCUT2D eigenvalue weighted by atomic mass is 10.2. The molecule has 142 valence electrons. The second-order valence-electron chi connectivity index (χ2n) is 6.15. The van der Waals surface area contributed by atoms with E-state index in [-0.39, 0.29) is 0 Å². The SMILES string of the molecule is C=CCON=Cc1ccc(OCCN2CCN(c3cccnn3)CC2)cc1. The van der Waals surface area contributed by atoms with E-state index in [1.807, 2.05) is 36.4 Å². The normalized spacial score (nSPS) is 15.0. The molecule has 0 aliphatic carbocycles. The van der Waals surface area contributed by atoms with Gasteiger partial charge in [0.15, 0.2) is 5.82 Å². The van der Waals surface area contributed by atoms with Gasteiger partial charge >= 0.3 is 0 Å². The highest BCUT2D eigenvalue weighted by Gasteiger charge is 2.17. The molecule has 7 nitrogen and oxygen atoms in total. The molecule has 0 bridgehead atoms. The number of piperazine rings is 1. The number of nitrogens with zero attached hydrogens (tertiary/aromatic N) is 5. The summed E-state index contributed by atoms with van der Waals surface area (Å²) in [5.41, 5.74) is 0.964. The third-order valence-electron chi connectivity index (χ3n) is 4.28. The Morgan fingerprint density at radius 2 is 1.93 bits per heavy atom. The van der Waals surface area contributed by atoms with Gasteiger partial charge in [-0.15, -0.1) is 5.10 Å². The molecule has 1 saturated heterocycles. The van der Waals surface area contributed by atoms with Crippen LogP contribution in [0, 0.1) is 0 Å². The summed E-state index contributed by atoms with van der Waals surface area (Å²) in [6, 6.07) is 11.7. The summed E-state index contributed by atoms with van der Waals surface area (Å²) in [5.74, 6) is 1.81. The second-order valence-corrected chi connectivity index (χ2v) is 6.15. The minimum absolute atomic E-state index is 0.407. The first-order valence-corrected chi connectivity index (χ1v) is 9.09. The van der Waals surface area contributed by atoms with Crippen molar-refractivity contribution in [2.24, 2.45) is 5.16 Å². The van der Waals surface area contributed by atoms with E-state index in [2.05, 4.69) is 31.7 Å². The Morgan fingerprint density at radius 3 is 2.63 bits per heavy atom.